The molecule has 2 heterocycles. The number of aromatic hydroxyl groups is 2. The molecule has 0 spiro atoms. The Labute approximate surface area is 109 Å². The van der Waals surface area contributed by atoms with Crippen LogP contribution in [0.5, 0.6) is 11.5 Å². The van der Waals surface area contributed by atoms with Gasteiger partial charge in [0.15, 0.2) is 4.71 Å². The average molecular weight is 270 g/mol. The van der Waals surface area contributed by atoms with Crippen LogP contribution in [0.2, 0.25) is 0 Å². The molecule has 0 radical (unpaired) electrons. The van der Waals surface area contributed by atoms with Crippen molar-refractivity contribution in [3.63, 3.8) is 0 Å². The van der Waals surface area contributed by atoms with Gasteiger partial charge in [-0.3, -0.25) is 0 Å². The molecule has 1 fully saturated rings. The number of phenols is 2. The number of benzene rings is 1. The Balaban J connectivity index is 1.82. The second kappa shape index (κ2) is 4.63. The minimum absolute atomic E-state index is 0.300. The molecule has 3 nitrogen and oxygen atoms in total. The first-order valence-corrected chi connectivity index (χ1v) is 7.74. The van der Waals surface area contributed by atoms with E-state index in [9.17, 15) is 10.2 Å². The number of phenolic OH excluding ortho intramolecular Hbond substituents is 2. The zero-order valence-electron chi connectivity index (χ0n) is 9.48. The standard InChI is InChI=1S/C12H15NO2S2/c14-8-4-5-9(15)11-10(8)16-12(17-11)13-6-2-1-3-7-13/h4-5,12,14-15H,1-3,6-7H2/p+1. The molecule has 1 aromatic rings. The zero-order valence-corrected chi connectivity index (χ0v) is 11.1. The summed E-state index contributed by atoms with van der Waals surface area (Å²) in [6.45, 7) is 2.42. The van der Waals surface area contributed by atoms with Crippen molar-refractivity contribution in [2.24, 2.45) is 0 Å². The molecule has 2 aliphatic rings. The Hall–Kier alpha value is -0.520. The van der Waals surface area contributed by atoms with Crippen LogP contribution in [0.1, 0.15) is 19.3 Å². The Morgan fingerprint density at radius 3 is 2.00 bits per heavy atom. The summed E-state index contributed by atoms with van der Waals surface area (Å²) in [7, 11) is 0. The molecular formula is C12H16NO2S2+. The number of thioether (sulfide) groups is 2. The van der Waals surface area contributed by atoms with Gasteiger partial charge in [0.2, 0.25) is 0 Å². The predicted octanol–water partition coefficient (Wildman–Crippen LogP) is 1.65. The number of quaternary nitrogens is 1. The fourth-order valence-corrected chi connectivity index (χ4v) is 5.51. The summed E-state index contributed by atoms with van der Waals surface area (Å²) in [6, 6.07) is 3.16. The summed E-state index contributed by atoms with van der Waals surface area (Å²) >= 11 is 3.40. The topological polar surface area (TPSA) is 44.9 Å². The van der Waals surface area contributed by atoms with Gasteiger partial charge in [-0.05, 0) is 54.9 Å². The number of nitrogens with one attached hydrogen (secondary N) is 1. The van der Waals surface area contributed by atoms with Crippen molar-refractivity contribution in [3.05, 3.63) is 12.1 Å². The predicted molar refractivity (Wildman–Crippen MR) is 69.8 cm³/mol. The molecule has 0 amide bonds. The molecule has 0 aromatic heterocycles. The molecule has 0 saturated carbocycles. The molecule has 3 N–H and O–H groups in total. The number of piperidine rings is 1. The molecule has 2 aliphatic heterocycles. The third-order valence-corrected chi connectivity index (χ3v) is 6.45. The largest absolute Gasteiger partial charge is 0.507 e. The van der Waals surface area contributed by atoms with E-state index in [0.29, 0.717) is 16.2 Å². The van der Waals surface area contributed by atoms with Gasteiger partial charge in [0.1, 0.15) is 11.5 Å². The van der Waals surface area contributed by atoms with Crippen molar-refractivity contribution in [2.45, 2.75) is 33.8 Å². The first kappa shape index (κ1) is 11.6. The third-order valence-electron chi connectivity index (χ3n) is 3.35. The molecule has 0 unspecified atom stereocenters. The van der Waals surface area contributed by atoms with Crippen LogP contribution in [0.3, 0.4) is 0 Å². The maximum Gasteiger partial charge on any atom is 0.190 e. The van der Waals surface area contributed by atoms with Crippen LogP contribution in [0.4, 0.5) is 0 Å². The summed E-state index contributed by atoms with van der Waals surface area (Å²) in [5, 5.41) is 19.6. The Kier molecular flexibility index (Phi) is 3.15. The van der Waals surface area contributed by atoms with Crippen molar-refractivity contribution in [1.82, 2.24) is 0 Å². The van der Waals surface area contributed by atoms with E-state index < -0.39 is 0 Å². The Bertz CT molecular complexity index is 402. The van der Waals surface area contributed by atoms with Crippen molar-refractivity contribution in [2.75, 3.05) is 13.1 Å². The lowest BCUT2D eigenvalue weighted by atomic mass is 10.1. The van der Waals surface area contributed by atoms with Crippen LogP contribution in [-0.2, 0) is 0 Å². The highest BCUT2D eigenvalue weighted by molar-refractivity contribution is 8.19. The van der Waals surface area contributed by atoms with Crippen LogP contribution in [0.25, 0.3) is 0 Å². The highest BCUT2D eigenvalue weighted by Gasteiger charge is 2.36. The highest BCUT2D eigenvalue weighted by Crippen LogP contribution is 2.53. The number of hydrogen-bond acceptors (Lipinski definition) is 4. The summed E-state index contributed by atoms with van der Waals surface area (Å²) in [5.41, 5.74) is 0. The number of rotatable bonds is 1. The van der Waals surface area contributed by atoms with E-state index in [2.05, 4.69) is 0 Å². The second-order valence-corrected chi connectivity index (χ2v) is 7.08. The number of likely N-dealkylation sites (tertiary alicyclic amines) is 1. The molecule has 1 saturated heterocycles. The first-order valence-electron chi connectivity index (χ1n) is 5.98. The fraction of sp³-hybridized carbons (Fsp3) is 0.500. The van der Waals surface area contributed by atoms with E-state index in [4.69, 9.17) is 0 Å². The van der Waals surface area contributed by atoms with Crippen molar-refractivity contribution >= 4 is 23.5 Å². The normalized spacial score (nSPS) is 21.6. The second-order valence-electron chi connectivity index (χ2n) is 4.55. The van der Waals surface area contributed by atoms with Gasteiger partial charge in [-0.1, -0.05) is 0 Å². The Morgan fingerprint density at radius 2 is 1.47 bits per heavy atom. The lowest BCUT2D eigenvalue weighted by Crippen LogP contribution is -3.15. The molecule has 1 aromatic carbocycles. The molecular weight excluding hydrogens is 254 g/mol. The van der Waals surface area contributed by atoms with E-state index in [0.717, 1.165) is 9.79 Å². The van der Waals surface area contributed by atoms with Crippen LogP contribution in [0, 0.1) is 0 Å². The quantitative estimate of drug-likeness (QED) is 0.679. The van der Waals surface area contributed by atoms with E-state index in [1.54, 1.807) is 40.6 Å². The van der Waals surface area contributed by atoms with Crippen molar-refractivity contribution in [1.29, 1.82) is 0 Å². The Morgan fingerprint density at radius 1 is 0.941 bits per heavy atom. The van der Waals surface area contributed by atoms with E-state index in [-0.39, 0.29) is 0 Å². The van der Waals surface area contributed by atoms with Gasteiger partial charge < -0.3 is 15.1 Å². The first-order chi connectivity index (χ1) is 8.25. The lowest BCUT2D eigenvalue weighted by molar-refractivity contribution is -0.901. The molecule has 0 bridgehead atoms. The molecule has 0 aliphatic carbocycles. The molecule has 3 rings (SSSR count). The van der Waals surface area contributed by atoms with E-state index >= 15 is 0 Å². The highest BCUT2D eigenvalue weighted by atomic mass is 32.2. The van der Waals surface area contributed by atoms with Gasteiger partial charge in [-0.2, -0.15) is 0 Å². The van der Waals surface area contributed by atoms with Crippen LogP contribution in [0.15, 0.2) is 21.9 Å². The van der Waals surface area contributed by atoms with Crippen molar-refractivity contribution in [3.8, 4) is 11.5 Å². The summed E-state index contributed by atoms with van der Waals surface area (Å²) in [4.78, 5) is 3.30. The molecule has 17 heavy (non-hydrogen) atoms. The minimum Gasteiger partial charge on any atom is -0.507 e. The third kappa shape index (κ3) is 2.11. The average Bonchev–Trinajstić information content (AvgIpc) is 2.81. The van der Waals surface area contributed by atoms with Crippen LogP contribution in [-0.4, -0.2) is 28.0 Å². The number of fused-ring (bicyclic) bond motifs is 1. The minimum atomic E-state index is 0.300. The van der Waals surface area contributed by atoms with Gasteiger partial charge in [0.25, 0.3) is 0 Å². The smallest absolute Gasteiger partial charge is 0.190 e. The number of hydrogen-bond donors (Lipinski definition) is 3. The summed E-state index contributed by atoms with van der Waals surface area (Å²) in [5.74, 6) is 0.600. The SMILES string of the molecule is Oc1ccc(O)c2c1SC([NH+]1CCCCC1)S2. The van der Waals surface area contributed by atoms with Gasteiger partial charge in [0, 0.05) is 0 Å². The van der Waals surface area contributed by atoms with Gasteiger partial charge in [-0.25, -0.2) is 0 Å². The van der Waals surface area contributed by atoms with Gasteiger partial charge in [-0.15, -0.1) is 0 Å². The summed E-state index contributed by atoms with van der Waals surface area (Å²) < 4.78 is 0.393. The lowest BCUT2D eigenvalue weighted by Gasteiger charge is -2.27. The van der Waals surface area contributed by atoms with Gasteiger partial charge >= 0.3 is 0 Å². The molecule has 5 heteroatoms. The van der Waals surface area contributed by atoms with Gasteiger partial charge in [0.05, 0.1) is 22.9 Å². The van der Waals surface area contributed by atoms with Crippen LogP contribution < -0.4 is 4.90 Å². The maximum absolute atomic E-state index is 9.82. The van der Waals surface area contributed by atoms with E-state index in [1.165, 1.54) is 32.4 Å². The molecule has 92 valence electrons. The van der Waals surface area contributed by atoms with Crippen LogP contribution >= 0.6 is 23.5 Å². The monoisotopic (exact) mass is 270 g/mol. The maximum atomic E-state index is 9.82. The zero-order chi connectivity index (χ0) is 11.8. The van der Waals surface area contributed by atoms with Crippen molar-refractivity contribution < 1.29 is 15.1 Å². The molecule has 0 atom stereocenters. The van der Waals surface area contributed by atoms with E-state index in [1.807, 2.05) is 0 Å². The fourth-order valence-electron chi connectivity index (χ4n) is 2.42. The summed E-state index contributed by atoms with van der Waals surface area (Å²) in [6.07, 6.45) is 3.93.